The molecule has 0 saturated carbocycles. The molecule has 1 aromatic carbocycles. The summed E-state index contributed by atoms with van der Waals surface area (Å²) in [6.45, 7) is 1.89. The summed E-state index contributed by atoms with van der Waals surface area (Å²) >= 11 is 0. The molecule has 0 unspecified atom stereocenters. The van der Waals surface area contributed by atoms with E-state index in [1.165, 1.54) is 63.4 Å². The first-order valence-electron chi connectivity index (χ1n) is 9.35. The van der Waals surface area contributed by atoms with E-state index >= 15 is 0 Å². The maximum absolute atomic E-state index is 12.1. The minimum absolute atomic E-state index is 0.218. The first-order valence-corrected chi connectivity index (χ1v) is 9.35. The summed E-state index contributed by atoms with van der Waals surface area (Å²) in [7, 11) is 0. The SMILES string of the molecule is O=C(/C=C/CCCCCCc1ccccc1)N1CCCCCC1. The van der Waals surface area contributed by atoms with E-state index in [9.17, 15) is 4.79 Å². The highest BCUT2D eigenvalue weighted by molar-refractivity contribution is 5.87. The smallest absolute Gasteiger partial charge is 0.246 e. The summed E-state index contributed by atoms with van der Waals surface area (Å²) in [6, 6.07) is 10.7. The van der Waals surface area contributed by atoms with Crippen LogP contribution in [0.5, 0.6) is 0 Å². The van der Waals surface area contributed by atoms with Crippen molar-refractivity contribution in [2.45, 2.75) is 64.2 Å². The fourth-order valence-electron chi connectivity index (χ4n) is 3.17. The third-order valence-electron chi connectivity index (χ3n) is 4.61. The van der Waals surface area contributed by atoms with E-state index in [1.807, 2.05) is 4.90 Å². The van der Waals surface area contributed by atoms with Crippen molar-refractivity contribution < 1.29 is 4.79 Å². The van der Waals surface area contributed by atoms with Gasteiger partial charge in [-0.05, 0) is 50.2 Å². The number of aryl methyl sites for hydroxylation is 1. The Morgan fingerprint density at radius 1 is 0.913 bits per heavy atom. The van der Waals surface area contributed by atoms with Crippen molar-refractivity contribution >= 4 is 5.91 Å². The lowest BCUT2D eigenvalue weighted by molar-refractivity contribution is -0.126. The van der Waals surface area contributed by atoms with Crippen molar-refractivity contribution in [2.75, 3.05) is 13.1 Å². The van der Waals surface area contributed by atoms with Gasteiger partial charge in [0.2, 0.25) is 5.91 Å². The average Bonchev–Trinajstić information content (AvgIpc) is 2.87. The van der Waals surface area contributed by atoms with E-state index in [0.717, 1.165) is 19.5 Å². The van der Waals surface area contributed by atoms with Crippen molar-refractivity contribution in [1.29, 1.82) is 0 Å². The fraction of sp³-hybridized carbons (Fsp3) is 0.571. The summed E-state index contributed by atoms with van der Waals surface area (Å²) in [5.74, 6) is 0.218. The standard InChI is InChI=1S/C21H31NO/c23-21(22-18-12-5-6-13-19-22)17-11-4-2-1-3-8-14-20-15-9-7-10-16-20/h7,9-11,15-17H,1-6,8,12-14,18-19H2/b17-11+. The molecule has 126 valence electrons. The highest BCUT2D eigenvalue weighted by atomic mass is 16.2. The molecule has 1 amide bonds. The number of allylic oxidation sites excluding steroid dienone is 1. The van der Waals surface area contributed by atoms with Crippen LogP contribution in [-0.2, 0) is 11.2 Å². The molecule has 2 rings (SSSR count). The highest BCUT2D eigenvalue weighted by Gasteiger charge is 2.12. The second kappa shape index (κ2) is 11.0. The topological polar surface area (TPSA) is 20.3 Å². The van der Waals surface area contributed by atoms with Crippen LogP contribution in [0, 0.1) is 0 Å². The largest absolute Gasteiger partial charge is 0.339 e. The van der Waals surface area contributed by atoms with Crippen LogP contribution in [0.25, 0.3) is 0 Å². The third kappa shape index (κ3) is 7.49. The molecule has 2 nitrogen and oxygen atoms in total. The fourth-order valence-corrected chi connectivity index (χ4v) is 3.17. The van der Waals surface area contributed by atoms with Gasteiger partial charge in [-0.3, -0.25) is 4.79 Å². The Bertz CT molecular complexity index is 458. The molecule has 23 heavy (non-hydrogen) atoms. The maximum atomic E-state index is 12.1. The molecule has 1 heterocycles. The minimum Gasteiger partial charge on any atom is -0.339 e. The Morgan fingerprint density at radius 3 is 2.35 bits per heavy atom. The van der Waals surface area contributed by atoms with Crippen LogP contribution < -0.4 is 0 Å². The Labute approximate surface area is 141 Å². The lowest BCUT2D eigenvalue weighted by Crippen LogP contribution is -2.30. The lowest BCUT2D eigenvalue weighted by Gasteiger charge is -2.17. The molecule has 0 spiro atoms. The van der Waals surface area contributed by atoms with E-state index in [0.29, 0.717) is 0 Å². The van der Waals surface area contributed by atoms with Crippen LogP contribution in [0.15, 0.2) is 42.5 Å². The second-order valence-electron chi connectivity index (χ2n) is 6.58. The zero-order valence-corrected chi connectivity index (χ0v) is 14.4. The quantitative estimate of drug-likeness (QED) is 0.481. The zero-order chi connectivity index (χ0) is 16.2. The van der Waals surface area contributed by atoms with Crippen LogP contribution in [-0.4, -0.2) is 23.9 Å². The van der Waals surface area contributed by atoms with Crippen molar-refractivity contribution in [3.63, 3.8) is 0 Å². The predicted molar refractivity (Wildman–Crippen MR) is 97.4 cm³/mol. The molecule has 1 aliphatic rings. The molecule has 0 aliphatic carbocycles. The highest BCUT2D eigenvalue weighted by Crippen LogP contribution is 2.11. The van der Waals surface area contributed by atoms with Gasteiger partial charge in [0.05, 0.1) is 0 Å². The first-order chi connectivity index (χ1) is 11.4. The average molecular weight is 313 g/mol. The van der Waals surface area contributed by atoms with Crippen LogP contribution in [0.4, 0.5) is 0 Å². The van der Waals surface area contributed by atoms with Gasteiger partial charge >= 0.3 is 0 Å². The Hall–Kier alpha value is -1.57. The number of carbonyl (C=O) groups excluding carboxylic acids is 1. The van der Waals surface area contributed by atoms with Crippen molar-refractivity contribution in [2.24, 2.45) is 0 Å². The minimum atomic E-state index is 0.218. The molecule has 0 bridgehead atoms. The molecule has 1 aliphatic heterocycles. The van der Waals surface area contributed by atoms with E-state index in [4.69, 9.17) is 0 Å². The number of hydrogen-bond donors (Lipinski definition) is 0. The number of amides is 1. The number of unbranched alkanes of at least 4 members (excludes halogenated alkanes) is 4. The van der Waals surface area contributed by atoms with E-state index < -0.39 is 0 Å². The number of nitrogens with zero attached hydrogens (tertiary/aromatic N) is 1. The monoisotopic (exact) mass is 313 g/mol. The summed E-state index contributed by atoms with van der Waals surface area (Å²) in [5, 5.41) is 0. The van der Waals surface area contributed by atoms with Crippen molar-refractivity contribution in [1.82, 2.24) is 4.90 Å². The van der Waals surface area contributed by atoms with Crippen LogP contribution >= 0.6 is 0 Å². The third-order valence-corrected chi connectivity index (χ3v) is 4.61. The van der Waals surface area contributed by atoms with Gasteiger partial charge in [0.1, 0.15) is 0 Å². The summed E-state index contributed by atoms with van der Waals surface area (Å²) in [6.07, 6.45) is 16.0. The summed E-state index contributed by atoms with van der Waals surface area (Å²) in [4.78, 5) is 14.1. The molecular weight excluding hydrogens is 282 g/mol. The van der Waals surface area contributed by atoms with Gasteiger partial charge < -0.3 is 4.90 Å². The number of benzene rings is 1. The molecule has 0 radical (unpaired) electrons. The van der Waals surface area contributed by atoms with E-state index in [2.05, 4.69) is 36.4 Å². The van der Waals surface area contributed by atoms with Gasteiger partial charge in [0.25, 0.3) is 0 Å². The molecular formula is C21H31NO. The molecule has 1 aromatic rings. The Morgan fingerprint density at radius 2 is 1.61 bits per heavy atom. The maximum Gasteiger partial charge on any atom is 0.246 e. The van der Waals surface area contributed by atoms with Crippen molar-refractivity contribution in [3.8, 4) is 0 Å². The Kier molecular flexibility index (Phi) is 8.53. The molecule has 1 saturated heterocycles. The van der Waals surface area contributed by atoms with Gasteiger partial charge in [0.15, 0.2) is 0 Å². The second-order valence-corrected chi connectivity index (χ2v) is 6.58. The van der Waals surface area contributed by atoms with Gasteiger partial charge in [-0.2, -0.15) is 0 Å². The molecule has 1 fully saturated rings. The molecule has 2 heteroatoms. The predicted octanol–water partition coefficient (Wildman–Crippen LogP) is 5.14. The summed E-state index contributed by atoms with van der Waals surface area (Å²) < 4.78 is 0. The lowest BCUT2D eigenvalue weighted by atomic mass is 10.1. The van der Waals surface area contributed by atoms with E-state index in [-0.39, 0.29) is 5.91 Å². The molecule has 0 N–H and O–H groups in total. The van der Waals surface area contributed by atoms with Crippen molar-refractivity contribution in [3.05, 3.63) is 48.0 Å². The number of carbonyl (C=O) groups is 1. The van der Waals surface area contributed by atoms with Gasteiger partial charge in [0, 0.05) is 13.1 Å². The number of hydrogen-bond acceptors (Lipinski definition) is 1. The molecule has 0 atom stereocenters. The Balaban J connectivity index is 1.50. The zero-order valence-electron chi connectivity index (χ0n) is 14.4. The number of likely N-dealkylation sites (tertiary alicyclic amines) is 1. The normalized spacial score (nSPS) is 15.7. The first kappa shape index (κ1) is 17.8. The van der Waals surface area contributed by atoms with Gasteiger partial charge in [-0.15, -0.1) is 0 Å². The van der Waals surface area contributed by atoms with Crippen LogP contribution in [0.1, 0.15) is 63.4 Å². The van der Waals surface area contributed by atoms with Gasteiger partial charge in [-0.25, -0.2) is 0 Å². The van der Waals surface area contributed by atoms with Gasteiger partial charge in [-0.1, -0.05) is 62.1 Å². The number of rotatable bonds is 8. The molecule has 0 aromatic heterocycles. The van der Waals surface area contributed by atoms with Crippen LogP contribution in [0.2, 0.25) is 0 Å². The van der Waals surface area contributed by atoms with Crippen LogP contribution in [0.3, 0.4) is 0 Å². The van der Waals surface area contributed by atoms with E-state index in [1.54, 1.807) is 6.08 Å². The summed E-state index contributed by atoms with van der Waals surface area (Å²) in [5.41, 5.74) is 1.44.